The van der Waals surface area contributed by atoms with Gasteiger partial charge in [0, 0.05) is 5.69 Å². The number of nitrogens with two attached hydrogens (primary N) is 1. The standard InChI is InChI=1S/C17H18F3NO/c1-3-11(2)12-4-7-14(8-5-12)22-16-9-6-13(21)10-15(16)17(18,19)20/h4-11H,3,21H2,1-2H3. The molecule has 0 saturated carbocycles. The Morgan fingerprint density at radius 3 is 2.27 bits per heavy atom. The molecule has 0 bridgehead atoms. The van der Waals surface area contributed by atoms with Crippen LogP contribution >= 0.6 is 0 Å². The van der Waals surface area contributed by atoms with E-state index < -0.39 is 11.7 Å². The average Bonchev–Trinajstić information content (AvgIpc) is 2.48. The summed E-state index contributed by atoms with van der Waals surface area (Å²) in [6, 6.07) is 10.6. The summed E-state index contributed by atoms with van der Waals surface area (Å²) in [4.78, 5) is 0. The molecule has 0 saturated heterocycles. The van der Waals surface area contributed by atoms with E-state index in [0.717, 1.165) is 18.1 Å². The van der Waals surface area contributed by atoms with Crippen molar-refractivity contribution in [2.75, 3.05) is 5.73 Å². The molecular weight excluding hydrogens is 291 g/mol. The third-order valence-electron chi connectivity index (χ3n) is 3.60. The molecule has 0 aromatic heterocycles. The van der Waals surface area contributed by atoms with Gasteiger partial charge in [-0.3, -0.25) is 0 Å². The van der Waals surface area contributed by atoms with Gasteiger partial charge in [0.2, 0.25) is 0 Å². The van der Waals surface area contributed by atoms with Crippen molar-refractivity contribution >= 4 is 5.69 Å². The van der Waals surface area contributed by atoms with Gasteiger partial charge in [-0.05, 0) is 48.2 Å². The number of alkyl halides is 3. The summed E-state index contributed by atoms with van der Waals surface area (Å²) < 4.78 is 44.4. The van der Waals surface area contributed by atoms with Crippen molar-refractivity contribution in [2.24, 2.45) is 0 Å². The molecule has 0 heterocycles. The summed E-state index contributed by atoms with van der Waals surface area (Å²) in [6.45, 7) is 4.18. The minimum absolute atomic E-state index is 0.0480. The fourth-order valence-electron chi connectivity index (χ4n) is 2.09. The first kappa shape index (κ1) is 16.2. The molecule has 118 valence electrons. The van der Waals surface area contributed by atoms with Crippen molar-refractivity contribution in [3.63, 3.8) is 0 Å². The molecule has 2 aromatic rings. The summed E-state index contributed by atoms with van der Waals surface area (Å²) in [5.41, 5.74) is 5.73. The summed E-state index contributed by atoms with van der Waals surface area (Å²) >= 11 is 0. The van der Waals surface area contributed by atoms with Gasteiger partial charge in [-0.25, -0.2) is 0 Å². The SMILES string of the molecule is CCC(C)c1ccc(Oc2ccc(N)cc2C(F)(F)F)cc1. The zero-order chi connectivity index (χ0) is 16.3. The van der Waals surface area contributed by atoms with Crippen LogP contribution in [-0.2, 0) is 6.18 Å². The van der Waals surface area contributed by atoms with Crippen LogP contribution in [0.4, 0.5) is 18.9 Å². The van der Waals surface area contributed by atoms with Crippen molar-refractivity contribution in [1.82, 2.24) is 0 Å². The number of nitrogen functional groups attached to an aromatic ring is 1. The molecule has 0 aliphatic carbocycles. The van der Waals surface area contributed by atoms with Crippen molar-refractivity contribution < 1.29 is 17.9 Å². The van der Waals surface area contributed by atoms with E-state index in [1.54, 1.807) is 12.1 Å². The maximum atomic E-state index is 13.0. The number of rotatable bonds is 4. The number of halogens is 3. The number of benzene rings is 2. The van der Waals surface area contributed by atoms with Gasteiger partial charge in [0.25, 0.3) is 0 Å². The predicted molar refractivity (Wildman–Crippen MR) is 81.1 cm³/mol. The minimum atomic E-state index is -4.51. The molecule has 0 spiro atoms. The van der Waals surface area contributed by atoms with Gasteiger partial charge in [-0.2, -0.15) is 13.2 Å². The van der Waals surface area contributed by atoms with Crippen LogP contribution in [0.2, 0.25) is 0 Å². The Morgan fingerprint density at radius 2 is 1.73 bits per heavy atom. The molecule has 5 heteroatoms. The van der Waals surface area contributed by atoms with E-state index in [2.05, 4.69) is 13.8 Å². The van der Waals surface area contributed by atoms with Gasteiger partial charge >= 0.3 is 6.18 Å². The second-order valence-corrected chi connectivity index (χ2v) is 5.23. The number of hydrogen-bond acceptors (Lipinski definition) is 2. The van der Waals surface area contributed by atoms with Crippen molar-refractivity contribution in [3.8, 4) is 11.5 Å². The fourth-order valence-corrected chi connectivity index (χ4v) is 2.09. The van der Waals surface area contributed by atoms with Crippen LogP contribution in [-0.4, -0.2) is 0 Å². The van der Waals surface area contributed by atoms with Crippen molar-refractivity contribution in [2.45, 2.75) is 32.4 Å². The third kappa shape index (κ3) is 3.72. The quantitative estimate of drug-likeness (QED) is 0.747. The normalized spacial score (nSPS) is 13.0. The molecule has 1 unspecified atom stereocenters. The van der Waals surface area contributed by atoms with E-state index in [-0.39, 0.29) is 11.4 Å². The lowest BCUT2D eigenvalue weighted by Gasteiger charge is -2.15. The van der Waals surface area contributed by atoms with E-state index in [4.69, 9.17) is 10.5 Å². The molecule has 0 amide bonds. The Bertz CT molecular complexity index is 635. The lowest BCUT2D eigenvalue weighted by molar-refractivity contribution is -0.138. The molecule has 0 aliphatic rings. The smallest absolute Gasteiger partial charge is 0.420 e. The monoisotopic (exact) mass is 309 g/mol. The van der Waals surface area contributed by atoms with Crippen molar-refractivity contribution in [3.05, 3.63) is 53.6 Å². The number of anilines is 1. The average molecular weight is 309 g/mol. The largest absolute Gasteiger partial charge is 0.457 e. The van der Waals surface area contributed by atoms with Crippen LogP contribution in [0.1, 0.15) is 37.3 Å². The highest BCUT2D eigenvalue weighted by Crippen LogP contribution is 2.39. The lowest BCUT2D eigenvalue weighted by Crippen LogP contribution is -2.08. The Labute approximate surface area is 127 Å². The molecule has 0 radical (unpaired) electrons. The second kappa shape index (κ2) is 6.30. The second-order valence-electron chi connectivity index (χ2n) is 5.23. The Morgan fingerprint density at radius 1 is 1.09 bits per heavy atom. The highest BCUT2D eigenvalue weighted by Gasteiger charge is 2.34. The lowest BCUT2D eigenvalue weighted by atomic mass is 9.99. The Hall–Kier alpha value is -2.17. The predicted octanol–water partition coefficient (Wildman–Crippen LogP) is 5.59. The Kier molecular flexibility index (Phi) is 4.64. The molecular formula is C17H18F3NO. The van der Waals surface area contributed by atoms with E-state index in [1.165, 1.54) is 12.1 Å². The first-order chi connectivity index (χ1) is 10.3. The maximum absolute atomic E-state index is 13.0. The zero-order valence-electron chi connectivity index (χ0n) is 12.4. The third-order valence-corrected chi connectivity index (χ3v) is 3.60. The molecule has 2 aromatic carbocycles. The van der Waals surface area contributed by atoms with Gasteiger partial charge < -0.3 is 10.5 Å². The molecule has 0 fully saturated rings. The molecule has 2 rings (SSSR count). The van der Waals surface area contributed by atoms with Gasteiger partial charge in [0.05, 0.1) is 0 Å². The van der Waals surface area contributed by atoms with Crippen LogP contribution in [0, 0.1) is 0 Å². The number of ether oxygens (including phenoxy) is 1. The van der Waals surface area contributed by atoms with Gasteiger partial charge in [0.15, 0.2) is 0 Å². The van der Waals surface area contributed by atoms with Gasteiger partial charge in [-0.15, -0.1) is 0 Å². The summed E-state index contributed by atoms with van der Waals surface area (Å²) in [5.74, 6) is 0.511. The molecule has 22 heavy (non-hydrogen) atoms. The molecule has 1 atom stereocenters. The molecule has 0 aliphatic heterocycles. The van der Waals surface area contributed by atoms with Crippen LogP contribution in [0.15, 0.2) is 42.5 Å². The van der Waals surface area contributed by atoms with E-state index in [0.29, 0.717) is 11.7 Å². The topological polar surface area (TPSA) is 35.2 Å². The van der Waals surface area contributed by atoms with Crippen LogP contribution in [0.5, 0.6) is 11.5 Å². The first-order valence-electron chi connectivity index (χ1n) is 7.05. The van der Waals surface area contributed by atoms with Crippen LogP contribution < -0.4 is 10.5 Å². The first-order valence-corrected chi connectivity index (χ1v) is 7.05. The van der Waals surface area contributed by atoms with Crippen molar-refractivity contribution in [1.29, 1.82) is 0 Å². The molecule has 2 N–H and O–H groups in total. The minimum Gasteiger partial charge on any atom is -0.457 e. The highest BCUT2D eigenvalue weighted by molar-refractivity contribution is 5.50. The summed E-state index contributed by atoms with van der Waals surface area (Å²) in [6.07, 6.45) is -3.52. The fraction of sp³-hybridized carbons (Fsp3) is 0.294. The number of hydrogen-bond donors (Lipinski definition) is 1. The van der Waals surface area contributed by atoms with E-state index in [1.807, 2.05) is 12.1 Å². The molecule has 2 nitrogen and oxygen atoms in total. The summed E-state index contributed by atoms with van der Waals surface area (Å²) in [7, 11) is 0. The van der Waals surface area contributed by atoms with Gasteiger partial charge in [0.1, 0.15) is 17.1 Å². The maximum Gasteiger partial charge on any atom is 0.420 e. The summed E-state index contributed by atoms with van der Waals surface area (Å²) in [5, 5.41) is 0. The van der Waals surface area contributed by atoms with Gasteiger partial charge in [-0.1, -0.05) is 26.0 Å². The van der Waals surface area contributed by atoms with Crippen LogP contribution in [0.3, 0.4) is 0 Å². The zero-order valence-corrected chi connectivity index (χ0v) is 12.4. The van der Waals surface area contributed by atoms with E-state index >= 15 is 0 Å². The Balaban J connectivity index is 2.28. The van der Waals surface area contributed by atoms with E-state index in [9.17, 15) is 13.2 Å². The highest BCUT2D eigenvalue weighted by atomic mass is 19.4. The van der Waals surface area contributed by atoms with Crippen LogP contribution in [0.25, 0.3) is 0 Å².